The molecule has 0 bridgehead atoms. The second-order valence-corrected chi connectivity index (χ2v) is 8.22. The van der Waals surface area contributed by atoms with Crippen molar-refractivity contribution in [1.82, 2.24) is 4.98 Å². The first-order valence-corrected chi connectivity index (χ1v) is 10.1. The highest BCUT2D eigenvalue weighted by atomic mass is 32.1. The number of carbonyl (C=O) groups excluding carboxylic acids is 1. The van der Waals surface area contributed by atoms with E-state index in [-0.39, 0.29) is 5.82 Å². The van der Waals surface area contributed by atoms with Gasteiger partial charge >= 0.3 is 5.97 Å². The molecule has 0 aliphatic carbocycles. The number of ether oxygens (including phenoxy) is 1. The molecule has 0 aliphatic rings. The van der Waals surface area contributed by atoms with Crippen molar-refractivity contribution in [2.75, 3.05) is 5.32 Å². The van der Waals surface area contributed by atoms with Crippen LogP contribution in [-0.2, 0) is 4.74 Å². The molecule has 1 N–H and O–H groups in total. The molecule has 4 nitrogen and oxygen atoms in total. The summed E-state index contributed by atoms with van der Waals surface area (Å²) in [6.07, 6.45) is 0. The standard InChI is InChI=1S/C20H21FN2O2S.C2H6/c1-11-6-9-15(14(21)10-11)23-18-16(19(24)25-20(3,4)5)13-8-7-12(2)22-17(13)26-18;1-2/h6-10,23H,1-5H3;1-2H3. The van der Waals surface area contributed by atoms with Crippen LogP contribution in [0.2, 0.25) is 0 Å². The fraction of sp³-hybridized carbons (Fsp3) is 0.364. The van der Waals surface area contributed by atoms with Gasteiger partial charge in [-0.15, -0.1) is 0 Å². The molecule has 0 saturated carbocycles. The Morgan fingerprint density at radius 2 is 1.82 bits per heavy atom. The highest BCUT2D eigenvalue weighted by Gasteiger charge is 2.26. The summed E-state index contributed by atoms with van der Waals surface area (Å²) < 4.78 is 19.8. The van der Waals surface area contributed by atoms with E-state index in [1.54, 1.807) is 6.07 Å². The number of aromatic nitrogens is 1. The smallest absolute Gasteiger partial charge is 0.342 e. The Morgan fingerprint density at radius 1 is 1.14 bits per heavy atom. The van der Waals surface area contributed by atoms with Crippen molar-refractivity contribution in [3.63, 3.8) is 0 Å². The van der Waals surface area contributed by atoms with E-state index in [9.17, 15) is 9.18 Å². The lowest BCUT2D eigenvalue weighted by Gasteiger charge is -2.20. The topological polar surface area (TPSA) is 51.2 Å². The second-order valence-electron chi connectivity index (χ2n) is 7.22. The number of nitrogens with one attached hydrogen (secondary N) is 1. The predicted octanol–water partition coefficient (Wildman–Crippen LogP) is 6.78. The number of hydrogen-bond donors (Lipinski definition) is 1. The zero-order valence-corrected chi connectivity index (χ0v) is 18.3. The number of hydrogen-bond acceptors (Lipinski definition) is 5. The Morgan fingerprint density at radius 3 is 2.43 bits per heavy atom. The number of halogens is 1. The Bertz CT molecular complexity index is 990. The van der Waals surface area contributed by atoms with Crippen molar-refractivity contribution in [3.05, 3.63) is 53.0 Å². The van der Waals surface area contributed by atoms with Crippen LogP contribution in [0.3, 0.4) is 0 Å². The lowest BCUT2D eigenvalue weighted by molar-refractivity contribution is 0.00734. The van der Waals surface area contributed by atoms with Gasteiger partial charge in [-0.25, -0.2) is 14.2 Å². The fourth-order valence-electron chi connectivity index (χ4n) is 2.53. The number of aryl methyl sites for hydroxylation is 2. The molecule has 0 saturated heterocycles. The first-order chi connectivity index (χ1) is 13.1. The molecule has 28 heavy (non-hydrogen) atoms. The van der Waals surface area contributed by atoms with Crippen molar-refractivity contribution >= 4 is 38.2 Å². The lowest BCUT2D eigenvalue weighted by atomic mass is 10.1. The Kier molecular flexibility index (Phi) is 6.77. The highest BCUT2D eigenvalue weighted by molar-refractivity contribution is 7.23. The van der Waals surface area contributed by atoms with Crippen LogP contribution in [0.4, 0.5) is 15.1 Å². The average molecular weight is 403 g/mol. The minimum atomic E-state index is -0.629. The zero-order chi connectivity index (χ0) is 21.1. The number of rotatable bonds is 3. The van der Waals surface area contributed by atoms with Crippen molar-refractivity contribution < 1.29 is 13.9 Å². The number of nitrogens with zero attached hydrogens (tertiary/aromatic N) is 1. The minimum Gasteiger partial charge on any atom is -0.456 e. The maximum atomic E-state index is 14.3. The largest absolute Gasteiger partial charge is 0.456 e. The van der Waals surface area contributed by atoms with E-state index in [1.807, 2.05) is 66.7 Å². The van der Waals surface area contributed by atoms with Crippen molar-refractivity contribution in [3.8, 4) is 0 Å². The molecule has 0 aliphatic heterocycles. The Hall–Kier alpha value is -2.47. The number of anilines is 2. The molecule has 0 spiro atoms. The summed E-state index contributed by atoms with van der Waals surface area (Å²) >= 11 is 1.31. The molecule has 1 aromatic carbocycles. The third kappa shape index (κ3) is 5.07. The van der Waals surface area contributed by atoms with Gasteiger partial charge in [-0.2, -0.15) is 0 Å². The molecule has 6 heteroatoms. The van der Waals surface area contributed by atoms with Gasteiger partial charge in [0, 0.05) is 11.1 Å². The third-order valence-electron chi connectivity index (χ3n) is 3.67. The molecule has 0 atom stereocenters. The van der Waals surface area contributed by atoms with Crippen molar-refractivity contribution in [2.45, 2.75) is 54.1 Å². The number of pyridine rings is 1. The van der Waals surface area contributed by atoms with Crippen LogP contribution in [0, 0.1) is 19.7 Å². The van der Waals surface area contributed by atoms with E-state index < -0.39 is 11.6 Å². The summed E-state index contributed by atoms with van der Waals surface area (Å²) in [7, 11) is 0. The normalized spacial score (nSPS) is 11.0. The number of benzene rings is 1. The van der Waals surface area contributed by atoms with Gasteiger partial charge in [0.1, 0.15) is 26.8 Å². The number of carbonyl (C=O) groups is 1. The molecule has 2 aromatic heterocycles. The van der Waals surface area contributed by atoms with E-state index in [2.05, 4.69) is 10.3 Å². The van der Waals surface area contributed by atoms with Gasteiger partial charge in [-0.05, 0) is 64.4 Å². The quantitative estimate of drug-likeness (QED) is 0.491. The summed E-state index contributed by atoms with van der Waals surface area (Å²) in [5.41, 5.74) is 1.74. The number of fused-ring (bicyclic) bond motifs is 1. The monoisotopic (exact) mass is 402 g/mol. The van der Waals surface area contributed by atoms with Crippen molar-refractivity contribution in [2.24, 2.45) is 0 Å². The molecular weight excluding hydrogens is 375 g/mol. The predicted molar refractivity (Wildman–Crippen MR) is 115 cm³/mol. The average Bonchev–Trinajstić information content (AvgIpc) is 2.94. The van der Waals surface area contributed by atoms with Gasteiger partial charge in [0.25, 0.3) is 0 Å². The van der Waals surface area contributed by atoms with Crippen LogP contribution < -0.4 is 5.32 Å². The first-order valence-electron chi connectivity index (χ1n) is 9.31. The highest BCUT2D eigenvalue weighted by Crippen LogP contribution is 2.38. The van der Waals surface area contributed by atoms with Gasteiger partial charge in [-0.3, -0.25) is 0 Å². The van der Waals surface area contributed by atoms with E-state index in [4.69, 9.17) is 4.74 Å². The molecule has 150 valence electrons. The maximum absolute atomic E-state index is 14.3. The molecule has 2 heterocycles. The van der Waals surface area contributed by atoms with Crippen molar-refractivity contribution in [1.29, 1.82) is 0 Å². The summed E-state index contributed by atoms with van der Waals surface area (Å²) in [6, 6.07) is 8.62. The number of esters is 1. The fourth-order valence-corrected chi connectivity index (χ4v) is 3.65. The molecule has 0 radical (unpaired) electrons. The zero-order valence-electron chi connectivity index (χ0n) is 17.4. The minimum absolute atomic E-state index is 0.309. The molecule has 0 unspecified atom stereocenters. The Labute approximate surface area is 169 Å². The van der Waals surface area contributed by atoms with Gasteiger partial charge in [0.05, 0.1) is 5.69 Å². The van der Waals surface area contributed by atoms with Crippen LogP contribution in [0.5, 0.6) is 0 Å². The summed E-state index contributed by atoms with van der Waals surface area (Å²) in [4.78, 5) is 18.0. The number of thiophene rings is 1. The van der Waals surface area contributed by atoms with Crippen LogP contribution in [0.1, 0.15) is 56.2 Å². The van der Waals surface area contributed by atoms with Crippen LogP contribution >= 0.6 is 11.3 Å². The van der Waals surface area contributed by atoms with E-state index >= 15 is 0 Å². The molecule has 0 fully saturated rings. The molecule has 0 amide bonds. The SMILES string of the molecule is CC.Cc1ccc(Nc2sc3nc(C)ccc3c2C(=O)OC(C)(C)C)c(F)c1. The summed E-state index contributed by atoms with van der Waals surface area (Å²) in [5, 5.41) is 4.27. The first kappa shape index (κ1) is 21.8. The van der Waals surface area contributed by atoms with Gasteiger partial charge < -0.3 is 10.1 Å². The van der Waals surface area contributed by atoms with Gasteiger partial charge in [-0.1, -0.05) is 31.3 Å². The van der Waals surface area contributed by atoms with Gasteiger partial charge in [0.2, 0.25) is 0 Å². The van der Waals surface area contributed by atoms with E-state index in [0.29, 0.717) is 26.5 Å². The van der Waals surface area contributed by atoms with Gasteiger partial charge in [0.15, 0.2) is 0 Å². The van der Waals surface area contributed by atoms with Crippen LogP contribution in [0.25, 0.3) is 10.2 Å². The maximum Gasteiger partial charge on any atom is 0.342 e. The Balaban J connectivity index is 0.00000136. The lowest BCUT2D eigenvalue weighted by Crippen LogP contribution is -2.24. The summed E-state index contributed by atoms with van der Waals surface area (Å²) in [6.45, 7) is 13.2. The second kappa shape index (κ2) is 8.69. The van der Waals surface area contributed by atoms with E-state index in [1.165, 1.54) is 17.4 Å². The van der Waals surface area contributed by atoms with Crippen LogP contribution in [-0.4, -0.2) is 16.6 Å². The van der Waals surface area contributed by atoms with E-state index in [0.717, 1.165) is 11.3 Å². The molecular formula is C22H27FN2O2S. The third-order valence-corrected chi connectivity index (χ3v) is 4.69. The molecule has 3 aromatic rings. The molecule has 3 rings (SSSR count). The van der Waals surface area contributed by atoms with Crippen LogP contribution in [0.15, 0.2) is 30.3 Å². The summed E-state index contributed by atoms with van der Waals surface area (Å²) in [5.74, 6) is -0.828.